The fourth-order valence-electron chi connectivity index (χ4n) is 2.36. The Morgan fingerprint density at radius 3 is 2.67 bits per heavy atom. The first-order valence-corrected chi connectivity index (χ1v) is 7.49. The van der Waals surface area contributed by atoms with Crippen molar-refractivity contribution in [1.29, 1.82) is 0 Å². The zero-order valence-electron chi connectivity index (χ0n) is 12.4. The van der Waals surface area contributed by atoms with E-state index in [2.05, 4.69) is 14.8 Å². The molecule has 3 unspecified atom stereocenters. The first-order chi connectivity index (χ1) is 9.71. The highest BCUT2D eigenvalue weighted by Crippen LogP contribution is 2.29. The van der Waals surface area contributed by atoms with Gasteiger partial charge in [-0.3, -0.25) is 9.59 Å². The molecule has 0 aromatic rings. The highest BCUT2D eigenvalue weighted by Gasteiger charge is 2.47. The van der Waals surface area contributed by atoms with Crippen molar-refractivity contribution in [3.05, 3.63) is 0 Å². The van der Waals surface area contributed by atoms with Crippen LogP contribution in [0.2, 0.25) is 0 Å². The number of hydrogen-bond donors (Lipinski definition) is 2. The summed E-state index contributed by atoms with van der Waals surface area (Å²) in [7, 11) is 4.11. The van der Waals surface area contributed by atoms with Gasteiger partial charge < -0.3 is 24.2 Å². The number of amides is 1. The fourth-order valence-corrected chi connectivity index (χ4v) is 2.79. The van der Waals surface area contributed by atoms with Crippen molar-refractivity contribution in [2.75, 3.05) is 6.61 Å². The third kappa shape index (κ3) is 5.20. The monoisotopic (exact) mass is 339 g/mol. The van der Waals surface area contributed by atoms with Gasteiger partial charge in [0, 0.05) is 32.3 Å². The number of nitrogens with one attached hydrogen (secondary N) is 1. The smallest absolute Gasteiger partial charge is 0.217 e. The summed E-state index contributed by atoms with van der Waals surface area (Å²) >= 11 is 0. The molecule has 0 radical (unpaired) electrons. The van der Waals surface area contributed by atoms with Crippen LogP contribution in [0, 0.1) is 0 Å². The van der Waals surface area contributed by atoms with Crippen LogP contribution >= 0.6 is 18.9 Å². The Balaban J connectivity index is 2.98. The van der Waals surface area contributed by atoms with Gasteiger partial charge in [-0.05, 0) is 13.8 Å². The molecule has 1 saturated heterocycles. The maximum atomic E-state index is 12.2. The summed E-state index contributed by atoms with van der Waals surface area (Å²) in [4.78, 5) is 23.5. The van der Waals surface area contributed by atoms with Crippen LogP contribution in [0.3, 0.4) is 0 Å². The first kappa shape index (κ1) is 18.9. The standard InChI is InChI=1S/C12H23NO6P2/c1-6(14)13-9-7(15)4-12(2,3)18-11(9)10(16)8(19-21)5-17-20/h8-11,16H,4-5,20-21H2,1-3H3,(H,13,14)/t8-,9?,10-,11-/m1/s1. The molecule has 0 aliphatic carbocycles. The summed E-state index contributed by atoms with van der Waals surface area (Å²) in [5, 5.41) is 13.0. The van der Waals surface area contributed by atoms with E-state index < -0.39 is 30.0 Å². The maximum Gasteiger partial charge on any atom is 0.217 e. The Bertz CT molecular complexity index is 392. The molecule has 1 amide bonds. The topological polar surface area (TPSA) is 94.1 Å². The van der Waals surface area contributed by atoms with Crippen LogP contribution in [0.5, 0.6) is 0 Å². The summed E-state index contributed by atoms with van der Waals surface area (Å²) in [5.74, 6) is -0.542. The van der Waals surface area contributed by atoms with Crippen LogP contribution in [0.1, 0.15) is 27.2 Å². The Hall–Kier alpha value is -0.160. The predicted octanol–water partition coefficient (Wildman–Crippen LogP) is -0.0294. The van der Waals surface area contributed by atoms with Crippen molar-refractivity contribution in [3.8, 4) is 0 Å². The van der Waals surface area contributed by atoms with Crippen molar-refractivity contribution < 1.29 is 28.5 Å². The number of rotatable bonds is 6. The van der Waals surface area contributed by atoms with Crippen molar-refractivity contribution in [2.24, 2.45) is 0 Å². The van der Waals surface area contributed by atoms with Gasteiger partial charge in [0.25, 0.3) is 0 Å². The largest absolute Gasteiger partial charge is 0.387 e. The molecule has 1 aliphatic heterocycles. The highest BCUT2D eigenvalue weighted by molar-refractivity contribution is 7.10. The zero-order chi connectivity index (χ0) is 16.2. The van der Waals surface area contributed by atoms with Crippen LogP contribution in [0.4, 0.5) is 0 Å². The van der Waals surface area contributed by atoms with Gasteiger partial charge in [0.15, 0.2) is 5.78 Å². The summed E-state index contributed by atoms with van der Waals surface area (Å²) < 4.78 is 15.8. The summed E-state index contributed by atoms with van der Waals surface area (Å²) in [6, 6.07) is -0.905. The summed E-state index contributed by atoms with van der Waals surface area (Å²) in [6.45, 7) is 4.93. The predicted molar refractivity (Wildman–Crippen MR) is 82.4 cm³/mol. The Morgan fingerprint density at radius 2 is 2.19 bits per heavy atom. The van der Waals surface area contributed by atoms with Crippen LogP contribution in [0.25, 0.3) is 0 Å². The molecule has 2 N–H and O–H groups in total. The van der Waals surface area contributed by atoms with Gasteiger partial charge in [0.05, 0.1) is 12.2 Å². The number of aliphatic hydroxyl groups excluding tert-OH is 1. The summed E-state index contributed by atoms with van der Waals surface area (Å²) in [6.07, 6.45) is -2.59. The molecular weight excluding hydrogens is 316 g/mol. The summed E-state index contributed by atoms with van der Waals surface area (Å²) in [5.41, 5.74) is -0.717. The second kappa shape index (κ2) is 7.91. The molecule has 0 aromatic carbocycles. The molecule has 1 aliphatic rings. The van der Waals surface area contributed by atoms with E-state index in [-0.39, 0.29) is 24.7 Å². The van der Waals surface area contributed by atoms with E-state index in [9.17, 15) is 14.7 Å². The molecule has 0 spiro atoms. The third-order valence-corrected chi connectivity index (χ3v) is 3.78. The molecule has 1 rings (SSSR count). The van der Waals surface area contributed by atoms with Gasteiger partial charge in [-0.2, -0.15) is 0 Å². The minimum atomic E-state index is -1.14. The van der Waals surface area contributed by atoms with Crippen LogP contribution < -0.4 is 5.32 Å². The lowest BCUT2D eigenvalue weighted by Crippen LogP contribution is -2.63. The molecule has 7 nitrogen and oxygen atoms in total. The number of ether oxygens (including phenoxy) is 1. The molecular formula is C12H23NO6P2. The van der Waals surface area contributed by atoms with E-state index in [1.54, 1.807) is 13.8 Å². The van der Waals surface area contributed by atoms with E-state index >= 15 is 0 Å². The van der Waals surface area contributed by atoms with Gasteiger partial charge in [-0.25, -0.2) is 0 Å². The highest BCUT2D eigenvalue weighted by atomic mass is 31.0. The number of carbonyl (C=O) groups is 2. The zero-order valence-corrected chi connectivity index (χ0v) is 14.7. The van der Waals surface area contributed by atoms with E-state index in [4.69, 9.17) is 13.8 Å². The molecule has 9 heteroatoms. The minimum Gasteiger partial charge on any atom is -0.387 e. The van der Waals surface area contributed by atoms with Crippen molar-refractivity contribution in [3.63, 3.8) is 0 Å². The lowest BCUT2D eigenvalue weighted by molar-refractivity contribution is -0.185. The third-order valence-electron chi connectivity index (χ3n) is 3.24. The molecule has 6 atom stereocenters. The van der Waals surface area contributed by atoms with Gasteiger partial charge >= 0.3 is 0 Å². The van der Waals surface area contributed by atoms with E-state index in [1.165, 1.54) is 6.92 Å². The fraction of sp³-hybridized carbons (Fsp3) is 0.833. The van der Waals surface area contributed by atoms with Gasteiger partial charge in [-0.1, -0.05) is 0 Å². The van der Waals surface area contributed by atoms with Crippen molar-refractivity contribution >= 4 is 30.6 Å². The average Bonchev–Trinajstić information content (AvgIpc) is 2.37. The first-order valence-electron chi connectivity index (χ1n) is 6.54. The van der Waals surface area contributed by atoms with Crippen LogP contribution in [-0.4, -0.2) is 53.4 Å². The SMILES string of the molecule is CC(=O)NC1C(=O)CC(C)(C)O[C@H]1[C@H](O)[C@@H](COP)OP. The van der Waals surface area contributed by atoms with E-state index in [1.807, 2.05) is 9.47 Å². The quantitative estimate of drug-likeness (QED) is 0.660. The number of Topliss-reactive ketones (excluding diaryl/α,β-unsaturated/α-hetero) is 1. The molecule has 1 heterocycles. The Morgan fingerprint density at radius 1 is 1.57 bits per heavy atom. The molecule has 0 bridgehead atoms. The molecule has 1 fully saturated rings. The lowest BCUT2D eigenvalue weighted by Gasteiger charge is -2.43. The van der Waals surface area contributed by atoms with Crippen molar-refractivity contribution in [1.82, 2.24) is 5.32 Å². The number of ketones is 1. The second-order valence-corrected chi connectivity index (χ2v) is 6.27. The normalized spacial score (nSPS) is 28.0. The van der Waals surface area contributed by atoms with Crippen LogP contribution in [-0.2, 0) is 23.4 Å². The molecule has 0 aromatic heterocycles. The molecule has 122 valence electrons. The Kier molecular flexibility index (Phi) is 7.11. The maximum absolute atomic E-state index is 12.2. The van der Waals surface area contributed by atoms with E-state index in [0.717, 1.165) is 0 Å². The number of carbonyl (C=O) groups excluding carboxylic acids is 2. The molecule has 21 heavy (non-hydrogen) atoms. The second-order valence-electron chi connectivity index (χ2n) is 5.66. The Labute approximate surface area is 129 Å². The molecule has 0 saturated carbocycles. The van der Waals surface area contributed by atoms with E-state index in [0.29, 0.717) is 0 Å². The van der Waals surface area contributed by atoms with Gasteiger partial charge in [0.1, 0.15) is 24.4 Å². The van der Waals surface area contributed by atoms with Gasteiger partial charge in [-0.15, -0.1) is 0 Å². The number of hydrogen-bond acceptors (Lipinski definition) is 6. The van der Waals surface area contributed by atoms with Gasteiger partial charge in [0.2, 0.25) is 5.91 Å². The number of aliphatic hydroxyl groups is 1. The minimum absolute atomic E-state index is 0.0939. The van der Waals surface area contributed by atoms with Crippen LogP contribution in [0.15, 0.2) is 0 Å². The van der Waals surface area contributed by atoms with Crippen molar-refractivity contribution in [2.45, 2.75) is 57.1 Å². The lowest BCUT2D eigenvalue weighted by atomic mass is 9.86. The average molecular weight is 339 g/mol.